The molecule has 0 amide bonds. The van der Waals surface area contributed by atoms with Gasteiger partial charge in [-0.15, -0.1) is 0 Å². The highest BCUT2D eigenvalue weighted by Gasteiger charge is 2.30. The topological polar surface area (TPSA) is 43.4 Å². The van der Waals surface area contributed by atoms with Gasteiger partial charge in [-0.05, 0) is 49.3 Å². The minimum atomic E-state index is -0.262. The summed E-state index contributed by atoms with van der Waals surface area (Å²) in [6.07, 6.45) is 6.29. The Morgan fingerprint density at radius 1 is 1.45 bits per heavy atom. The van der Waals surface area contributed by atoms with Crippen molar-refractivity contribution in [1.29, 1.82) is 0 Å². The molecule has 0 saturated heterocycles. The van der Waals surface area contributed by atoms with Crippen molar-refractivity contribution in [3.8, 4) is 0 Å². The van der Waals surface area contributed by atoms with Gasteiger partial charge in [0.2, 0.25) is 0 Å². The van der Waals surface area contributed by atoms with Crippen molar-refractivity contribution in [3.63, 3.8) is 0 Å². The van der Waals surface area contributed by atoms with Crippen LogP contribution in [0.5, 0.6) is 0 Å². The molecule has 0 saturated carbocycles. The Kier molecular flexibility index (Phi) is 5.73. The van der Waals surface area contributed by atoms with Gasteiger partial charge in [0.05, 0.1) is 0 Å². The number of hydrogen-bond acceptors (Lipinski definition) is 3. The Balaban J connectivity index is 2.79. The number of ketones is 1. The van der Waals surface area contributed by atoms with Crippen LogP contribution < -0.4 is 0 Å². The lowest BCUT2D eigenvalue weighted by Crippen LogP contribution is -2.24. The zero-order valence-electron chi connectivity index (χ0n) is 13.3. The molecule has 1 aliphatic rings. The van der Waals surface area contributed by atoms with Gasteiger partial charge in [0.25, 0.3) is 0 Å². The van der Waals surface area contributed by atoms with Crippen LogP contribution in [0.1, 0.15) is 60.3 Å². The number of carbonyl (C=O) groups excluding carboxylic acids is 2. The lowest BCUT2D eigenvalue weighted by Gasteiger charge is -2.32. The number of rotatable bonds is 5. The molecule has 0 aromatic rings. The van der Waals surface area contributed by atoms with Crippen LogP contribution in [0.4, 0.5) is 0 Å². The predicted molar refractivity (Wildman–Crippen MR) is 80.3 cm³/mol. The Hall–Kier alpha value is -1.38. The first kappa shape index (κ1) is 16.7. The van der Waals surface area contributed by atoms with Crippen molar-refractivity contribution in [2.45, 2.75) is 66.4 Å². The Bertz CT molecular complexity index is 441. The highest BCUT2D eigenvalue weighted by molar-refractivity contribution is 5.97. The molecule has 1 atom stereocenters. The second kappa shape index (κ2) is 6.87. The molecular formula is C17H26O3. The van der Waals surface area contributed by atoms with Crippen LogP contribution in [0.25, 0.3) is 0 Å². The first-order valence-corrected chi connectivity index (χ1v) is 7.40. The largest absolute Gasteiger partial charge is 0.458 e. The summed E-state index contributed by atoms with van der Waals surface area (Å²) in [7, 11) is 0. The lowest BCUT2D eigenvalue weighted by molar-refractivity contribution is -0.146. The molecule has 1 aliphatic carbocycles. The highest BCUT2D eigenvalue weighted by atomic mass is 16.5. The molecule has 0 fully saturated rings. The summed E-state index contributed by atoms with van der Waals surface area (Å²) >= 11 is 0. The van der Waals surface area contributed by atoms with Crippen molar-refractivity contribution >= 4 is 11.8 Å². The molecule has 0 bridgehead atoms. The van der Waals surface area contributed by atoms with Gasteiger partial charge in [-0.2, -0.15) is 0 Å². The predicted octanol–water partition coefficient (Wildman–Crippen LogP) is 3.98. The molecule has 0 aliphatic heterocycles. The van der Waals surface area contributed by atoms with Crippen LogP contribution in [0, 0.1) is 5.41 Å². The second-order valence-electron chi connectivity index (χ2n) is 6.15. The van der Waals surface area contributed by atoms with E-state index in [9.17, 15) is 9.59 Å². The van der Waals surface area contributed by atoms with Crippen LogP contribution in [-0.4, -0.2) is 17.9 Å². The molecule has 1 rings (SSSR count). The van der Waals surface area contributed by atoms with Gasteiger partial charge >= 0.3 is 5.97 Å². The Morgan fingerprint density at radius 3 is 2.70 bits per heavy atom. The highest BCUT2D eigenvalue weighted by Crippen LogP contribution is 2.39. The average molecular weight is 278 g/mol. The van der Waals surface area contributed by atoms with Gasteiger partial charge in [-0.25, -0.2) is 0 Å². The summed E-state index contributed by atoms with van der Waals surface area (Å²) in [6, 6.07) is 0. The first-order valence-electron chi connectivity index (χ1n) is 7.40. The molecule has 0 aromatic heterocycles. The fourth-order valence-electron chi connectivity index (χ4n) is 2.50. The fraction of sp³-hybridized carbons (Fsp3) is 0.647. The summed E-state index contributed by atoms with van der Waals surface area (Å²) in [5.41, 5.74) is 1.90. The van der Waals surface area contributed by atoms with Gasteiger partial charge in [0.1, 0.15) is 6.10 Å². The normalized spacial score (nSPS) is 20.4. The SMILES string of the molecule is CCCC(=O)OC(C)C=CC1=C(C)C(=O)CCC1(C)C. The second-order valence-corrected chi connectivity index (χ2v) is 6.15. The van der Waals surface area contributed by atoms with Crippen LogP contribution in [-0.2, 0) is 14.3 Å². The van der Waals surface area contributed by atoms with Gasteiger partial charge < -0.3 is 4.74 Å². The summed E-state index contributed by atoms with van der Waals surface area (Å²) < 4.78 is 5.28. The molecular weight excluding hydrogens is 252 g/mol. The quantitative estimate of drug-likeness (QED) is 0.714. The van der Waals surface area contributed by atoms with Crippen molar-refractivity contribution in [2.75, 3.05) is 0 Å². The number of allylic oxidation sites excluding steroid dienone is 3. The van der Waals surface area contributed by atoms with E-state index < -0.39 is 0 Å². The van der Waals surface area contributed by atoms with E-state index in [0.29, 0.717) is 12.8 Å². The van der Waals surface area contributed by atoms with Gasteiger partial charge in [0.15, 0.2) is 5.78 Å². The minimum absolute atomic E-state index is 0.00163. The molecule has 1 unspecified atom stereocenters. The third-order valence-electron chi connectivity index (χ3n) is 3.83. The van der Waals surface area contributed by atoms with Gasteiger partial charge in [-0.3, -0.25) is 9.59 Å². The van der Waals surface area contributed by atoms with E-state index in [1.165, 1.54) is 0 Å². The van der Waals surface area contributed by atoms with Crippen molar-refractivity contribution in [3.05, 3.63) is 23.3 Å². The molecule has 20 heavy (non-hydrogen) atoms. The maximum absolute atomic E-state index is 11.8. The Labute approximate surface area is 122 Å². The van der Waals surface area contributed by atoms with Crippen LogP contribution in [0.3, 0.4) is 0 Å². The number of hydrogen-bond donors (Lipinski definition) is 0. The van der Waals surface area contributed by atoms with E-state index in [4.69, 9.17) is 4.74 Å². The van der Waals surface area contributed by atoms with E-state index in [1.807, 2.05) is 32.9 Å². The Morgan fingerprint density at radius 2 is 2.10 bits per heavy atom. The van der Waals surface area contributed by atoms with Gasteiger partial charge in [0, 0.05) is 12.8 Å². The number of carbonyl (C=O) groups is 2. The number of Topliss-reactive ketones (excluding diaryl/α,β-unsaturated/α-hetero) is 1. The summed E-state index contributed by atoms with van der Waals surface area (Å²) in [6.45, 7) is 9.98. The zero-order valence-corrected chi connectivity index (χ0v) is 13.3. The van der Waals surface area contributed by atoms with Gasteiger partial charge in [-0.1, -0.05) is 26.8 Å². The zero-order chi connectivity index (χ0) is 15.3. The van der Waals surface area contributed by atoms with E-state index in [0.717, 1.165) is 24.0 Å². The standard InChI is InChI=1S/C17H26O3/c1-6-7-16(19)20-12(2)8-9-14-13(3)15(18)10-11-17(14,4)5/h8-9,12H,6-7,10-11H2,1-5H3. The molecule has 0 spiro atoms. The number of ether oxygens (including phenoxy) is 1. The van der Waals surface area contributed by atoms with Crippen LogP contribution >= 0.6 is 0 Å². The molecule has 3 heteroatoms. The summed E-state index contributed by atoms with van der Waals surface area (Å²) in [5.74, 6) is 0.0499. The fourth-order valence-corrected chi connectivity index (χ4v) is 2.50. The lowest BCUT2D eigenvalue weighted by atomic mass is 9.72. The third-order valence-corrected chi connectivity index (χ3v) is 3.83. The maximum Gasteiger partial charge on any atom is 0.306 e. The molecule has 0 radical (unpaired) electrons. The number of esters is 1. The van der Waals surface area contributed by atoms with Crippen molar-refractivity contribution in [2.24, 2.45) is 5.41 Å². The maximum atomic E-state index is 11.8. The molecule has 3 nitrogen and oxygen atoms in total. The molecule has 0 aromatic carbocycles. The average Bonchev–Trinajstić information content (AvgIpc) is 2.34. The molecule has 0 N–H and O–H groups in total. The minimum Gasteiger partial charge on any atom is -0.458 e. The van der Waals surface area contributed by atoms with E-state index in [2.05, 4.69) is 13.8 Å². The van der Waals surface area contributed by atoms with Crippen LogP contribution in [0.2, 0.25) is 0 Å². The monoisotopic (exact) mass is 278 g/mol. The van der Waals surface area contributed by atoms with Crippen LogP contribution in [0.15, 0.2) is 23.3 Å². The molecule has 0 heterocycles. The summed E-state index contributed by atoms with van der Waals surface area (Å²) in [5, 5.41) is 0. The van der Waals surface area contributed by atoms with Crippen molar-refractivity contribution in [1.82, 2.24) is 0 Å². The third kappa shape index (κ3) is 4.32. The van der Waals surface area contributed by atoms with E-state index in [1.54, 1.807) is 0 Å². The van der Waals surface area contributed by atoms with Crippen molar-refractivity contribution < 1.29 is 14.3 Å². The summed E-state index contributed by atoms with van der Waals surface area (Å²) in [4.78, 5) is 23.2. The molecule has 112 valence electrons. The first-order chi connectivity index (χ1) is 9.27. The van der Waals surface area contributed by atoms with E-state index >= 15 is 0 Å². The van der Waals surface area contributed by atoms with E-state index in [-0.39, 0.29) is 23.3 Å². The smallest absolute Gasteiger partial charge is 0.306 e.